The number of hydrogen-bond acceptors (Lipinski definition) is 18. The van der Waals surface area contributed by atoms with Crippen molar-refractivity contribution in [2.45, 2.75) is 41.1 Å². The van der Waals surface area contributed by atoms with Crippen LogP contribution in [0.5, 0.6) is 0 Å². The topological polar surface area (TPSA) is 297 Å². The van der Waals surface area contributed by atoms with Crippen LogP contribution in [0.3, 0.4) is 0 Å². The number of benzene rings is 2. The van der Waals surface area contributed by atoms with E-state index in [0.29, 0.717) is 40.8 Å². The second-order valence-corrected chi connectivity index (χ2v) is 17.1. The minimum atomic E-state index is -5.19. The van der Waals surface area contributed by atoms with Crippen molar-refractivity contribution in [1.29, 1.82) is 0 Å². The van der Waals surface area contributed by atoms with Gasteiger partial charge in [-0.15, -0.1) is 15.3 Å². The number of aromatic nitrogens is 6. The summed E-state index contributed by atoms with van der Waals surface area (Å²) in [6.45, 7) is 5.81. The van der Waals surface area contributed by atoms with Gasteiger partial charge in [0.15, 0.2) is 11.5 Å². The first-order valence-electron chi connectivity index (χ1n) is 13.5. The third-order valence-corrected chi connectivity index (χ3v) is 10.5. The van der Waals surface area contributed by atoms with Gasteiger partial charge in [-0.3, -0.25) is 9.89 Å². The van der Waals surface area contributed by atoms with Crippen LogP contribution in [-0.2, 0) is 35.8 Å². The van der Waals surface area contributed by atoms with Crippen molar-refractivity contribution in [3.05, 3.63) is 53.7 Å². The number of amides is 1. The Balaban J connectivity index is 0.00000312. The number of carbonyl (C=O) groups is 1. The van der Waals surface area contributed by atoms with E-state index in [4.69, 9.17) is 0 Å². The van der Waals surface area contributed by atoms with Crippen LogP contribution in [0.1, 0.15) is 36.8 Å². The van der Waals surface area contributed by atoms with Gasteiger partial charge < -0.3 is 19.0 Å². The molecule has 2 N–H and O–H groups in total. The zero-order chi connectivity index (χ0) is 35.9. The molecule has 260 valence electrons. The number of nitrogens with zero attached hydrogens (tertiary/aromatic N) is 7. The van der Waals surface area contributed by atoms with Crippen LogP contribution in [0.2, 0.25) is 0 Å². The van der Waals surface area contributed by atoms with Gasteiger partial charge in [0, 0.05) is 45.3 Å². The standard InChI is InChI=1S/C25H25N9O10S5.3Na/c1-25(2,3)19-18(29-30-23-28-24(33-46-23)45-8-9-47(36,37)38)21-27-20(32-34(21)31-19)13-4-6-15(7-5-13)26-22(35)14-10-16(48(39,40)41)12-17(11-14)49(42,43)44;;;/h4-7,10-12,31H,8-9H2,1-3H3,(H,26,35)(H,36,37,38)(H,39,40,41)(H,42,43,44);;;/q;3*+1/p-3. The molecule has 19 nitrogen and oxygen atoms in total. The van der Waals surface area contributed by atoms with Gasteiger partial charge in [0.25, 0.3) is 5.91 Å². The molecule has 0 saturated carbocycles. The molecule has 5 rings (SSSR count). The largest absolute Gasteiger partial charge is 1.00 e. The maximum atomic E-state index is 12.8. The number of rotatable bonds is 11. The fourth-order valence-corrected chi connectivity index (χ4v) is 7.51. The Bertz CT molecular complexity index is 2400. The van der Waals surface area contributed by atoms with Gasteiger partial charge in [-0.05, 0) is 42.5 Å². The predicted octanol–water partition coefficient (Wildman–Crippen LogP) is -6.00. The van der Waals surface area contributed by atoms with E-state index in [1.54, 1.807) is 12.1 Å². The molecular formula is C25H22N9Na3O10S5. The van der Waals surface area contributed by atoms with Crippen LogP contribution < -0.4 is 94.0 Å². The Morgan fingerprint density at radius 3 is 2.06 bits per heavy atom. The first-order valence-corrected chi connectivity index (χ1v) is 19.6. The molecule has 0 bridgehead atoms. The van der Waals surface area contributed by atoms with E-state index in [1.807, 2.05) is 20.8 Å². The van der Waals surface area contributed by atoms with Crippen molar-refractivity contribution in [2.75, 3.05) is 16.8 Å². The van der Waals surface area contributed by atoms with E-state index >= 15 is 0 Å². The van der Waals surface area contributed by atoms with Gasteiger partial charge in [0.1, 0.15) is 20.2 Å². The molecule has 3 heterocycles. The van der Waals surface area contributed by atoms with Crippen LogP contribution >= 0.6 is 23.3 Å². The molecule has 0 saturated heterocycles. The van der Waals surface area contributed by atoms with Gasteiger partial charge >= 0.3 is 88.7 Å². The summed E-state index contributed by atoms with van der Waals surface area (Å²) in [5.41, 5.74) is 1.03. The Hall–Kier alpha value is -1.17. The van der Waals surface area contributed by atoms with Crippen molar-refractivity contribution in [1.82, 2.24) is 29.2 Å². The number of carbonyl (C=O) groups excluding carboxylic acids is 1. The minimum Gasteiger partial charge on any atom is -0.748 e. The zero-order valence-electron chi connectivity index (χ0n) is 28.2. The van der Waals surface area contributed by atoms with Gasteiger partial charge in [0.05, 0.1) is 25.6 Å². The van der Waals surface area contributed by atoms with Crippen molar-refractivity contribution in [2.24, 2.45) is 10.2 Å². The Morgan fingerprint density at radius 1 is 0.923 bits per heavy atom. The third kappa shape index (κ3) is 12.2. The zero-order valence-corrected chi connectivity index (χ0v) is 38.3. The van der Waals surface area contributed by atoms with E-state index in [2.05, 4.69) is 40.1 Å². The Morgan fingerprint density at radius 2 is 1.52 bits per heavy atom. The molecule has 3 aromatic heterocycles. The minimum absolute atomic E-state index is 0. The van der Waals surface area contributed by atoms with Crippen molar-refractivity contribution in [3.8, 4) is 11.4 Å². The van der Waals surface area contributed by atoms with Crippen LogP contribution in [0, 0.1) is 0 Å². The molecule has 5 aromatic rings. The van der Waals surface area contributed by atoms with Crippen LogP contribution in [0.4, 0.5) is 16.5 Å². The summed E-state index contributed by atoms with van der Waals surface area (Å²) >= 11 is 1.92. The summed E-state index contributed by atoms with van der Waals surface area (Å²) in [6.07, 6.45) is 0. The van der Waals surface area contributed by atoms with Gasteiger partial charge in [-0.2, -0.15) is 14.0 Å². The smallest absolute Gasteiger partial charge is 0.748 e. The predicted molar refractivity (Wildman–Crippen MR) is 171 cm³/mol. The quantitative estimate of drug-likeness (QED) is 0.0542. The fourth-order valence-electron chi connectivity index (χ4n) is 4.08. The number of aromatic amines is 1. The van der Waals surface area contributed by atoms with E-state index < -0.39 is 62.8 Å². The molecule has 0 aliphatic rings. The normalized spacial score (nSPS) is 12.3. The fraction of sp³-hybridized carbons (Fsp3) is 0.240. The van der Waals surface area contributed by atoms with E-state index in [-0.39, 0.29) is 116 Å². The number of anilines is 1. The van der Waals surface area contributed by atoms with Crippen molar-refractivity contribution >= 4 is 81.7 Å². The van der Waals surface area contributed by atoms with Crippen molar-refractivity contribution < 1.29 is 132 Å². The summed E-state index contributed by atoms with van der Waals surface area (Å²) < 4.78 is 107. The Kier molecular flexibility index (Phi) is 16.4. The molecule has 27 heteroatoms. The Labute approximate surface area is 371 Å². The molecule has 2 aromatic carbocycles. The summed E-state index contributed by atoms with van der Waals surface area (Å²) in [5.74, 6) is -1.32. The molecular weight excluding hydrogens is 816 g/mol. The monoisotopic (exact) mass is 837 g/mol. The maximum Gasteiger partial charge on any atom is 1.00 e. The van der Waals surface area contributed by atoms with E-state index in [9.17, 15) is 43.7 Å². The SMILES string of the molecule is CC(C)(C)c1[nH]n2nc(-c3ccc(NC(=O)c4cc(S(=O)(=O)[O-])cc(S(=O)(=O)[O-])c4)cc3)nc2c1N=Nc1nc(SCCS(=O)(=O)[O-])ns1.[Na+].[Na+].[Na+]. The van der Waals surface area contributed by atoms with Crippen molar-refractivity contribution in [3.63, 3.8) is 0 Å². The van der Waals surface area contributed by atoms with E-state index in [0.717, 1.165) is 23.3 Å². The summed E-state index contributed by atoms with van der Waals surface area (Å²) in [7, 11) is -14.7. The van der Waals surface area contributed by atoms with Crippen LogP contribution in [-0.4, -0.2) is 85.5 Å². The molecule has 0 radical (unpaired) electrons. The molecule has 0 aliphatic heterocycles. The van der Waals surface area contributed by atoms with Gasteiger partial charge in [0.2, 0.25) is 15.9 Å². The number of nitrogens with one attached hydrogen (secondary N) is 2. The average molecular weight is 838 g/mol. The molecule has 0 atom stereocenters. The summed E-state index contributed by atoms with van der Waals surface area (Å²) in [5, 5.41) is 19.0. The number of hydrogen-bond donors (Lipinski definition) is 2. The molecule has 0 aliphatic carbocycles. The molecule has 0 spiro atoms. The molecule has 0 unspecified atom stereocenters. The first-order chi connectivity index (χ1) is 22.7. The van der Waals surface area contributed by atoms with Gasteiger partial charge in [-0.25, -0.2) is 30.2 Å². The molecule has 1 amide bonds. The van der Waals surface area contributed by atoms with Crippen LogP contribution in [0.25, 0.3) is 17.0 Å². The second-order valence-electron chi connectivity index (χ2n) is 11.1. The summed E-state index contributed by atoms with van der Waals surface area (Å²) in [4.78, 5) is 19.5. The van der Waals surface area contributed by atoms with E-state index in [1.165, 1.54) is 16.8 Å². The van der Waals surface area contributed by atoms with Crippen LogP contribution in [0.15, 0.2) is 67.6 Å². The molecule has 0 fully saturated rings. The first kappa shape index (κ1) is 47.0. The number of fused-ring (bicyclic) bond motifs is 1. The average Bonchev–Trinajstić information content (AvgIpc) is 3.70. The number of H-pyrrole nitrogens is 1. The summed E-state index contributed by atoms with van der Waals surface area (Å²) in [6, 6.07) is 7.74. The molecule has 52 heavy (non-hydrogen) atoms. The third-order valence-electron chi connectivity index (χ3n) is 6.34. The maximum absolute atomic E-state index is 12.8. The van der Waals surface area contributed by atoms with Gasteiger partial charge in [-0.1, -0.05) is 32.5 Å². The number of thioether (sulfide) groups is 1. The second kappa shape index (κ2) is 18.2. The number of azo groups is 1.